The Labute approximate surface area is 103 Å². The first kappa shape index (κ1) is 12.9. The van der Waals surface area contributed by atoms with Crippen LogP contribution < -0.4 is 20.9 Å². The molecule has 2 amide bonds. The van der Waals surface area contributed by atoms with Crippen LogP contribution in [0.15, 0.2) is 12.1 Å². The van der Waals surface area contributed by atoms with Crippen LogP contribution in [0, 0.1) is 0 Å². The van der Waals surface area contributed by atoms with E-state index < -0.39 is 6.03 Å². The molecule has 16 heavy (non-hydrogen) atoms. The summed E-state index contributed by atoms with van der Waals surface area (Å²) in [5.74, 6) is 5.45. The van der Waals surface area contributed by atoms with E-state index in [0.29, 0.717) is 21.5 Å². The number of nitrogens with two attached hydrogens (primary N) is 1. The van der Waals surface area contributed by atoms with Gasteiger partial charge in [0, 0.05) is 13.1 Å². The molecule has 0 spiro atoms. The van der Waals surface area contributed by atoms with Crippen molar-refractivity contribution in [1.29, 1.82) is 0 Å². The van der Waals surface area contributed by atoms with Gasteiger partial charge in [-0.05, 0) is 6.07 Å². The molecular formula is C9H11Cl2N3O2. The van der Waals surface area contributed by atoms with Crippen molar-refractivity contribution in [1.82, 2.24) is 5.43 Å². The average Bonchev–Trinajstić information content (AvgIpc) is 2.29. The van der Waals surface area contributed by atoms with Crippen LogP contribution in [-0.4, -0.2) is 20.2 Å². The first-order chi connectivity index (χ1) is 7.51. The third-order valence-corrected chi connectivity index (χ3v) is 2.61. The van der Waals surface area contributed by atoms with Gasteiger partial charge in [0.25, 0.3) is 0 Å². The minimum atomic E-state index is -0.497. The number of anilines is 1. The van der Waals surface area contributed by atoms with E-state index in [2.05, 4.69) is 0 Å². The van der Waals surface area contributed by atoms with E-state index in [0.717, 1.165) is 0 Å². The molecule has 0 saturated carbocycles. The van der Waals surface area contributed by atoms with E-state index in [9.17, 15) is 4.79 Å². The number of hydrogen-bond acceptors (Lipinski definition) is 3. The van der Waals surface area contributed by atoms with Crippen molar-refractivity contribution < 1.29 is 9.53 Å². The Hall–Kier alpha value is -1.17. The first-order valence-electron chi connectivity index (χ1n) is 4.28. The summed E-state index contributed by atoms with van der Waals surface area (Å²) in [6.07, 6.45) is 0. The second-order valence-corrected chi connectivity index (χ2v) is 3.76. The lowest BCUT2D eigenvalue weighted by Gasteiger charge is -2.18. The van der Waals surface area contributed by atoms with E-state index in [-0.39, 0.29) is 0 Å². The number of methoxy groups -OCH3 is 1. The average molecular weight is 264 g/mol. The molecule has 0 radical (unpaired) electrons. The van der Waals surface area contributed by atoms with Crippen LogP contribution in [0.25, 0.3) is 0 Å². The Morgan fingerprint density at radius 3 is 2.56 bits per heavy atom. The Bertz CT molecular complexity index is 412. The molecule has 0 unspecified atom stereocenters. The molecule has 1 aromatic rings. The smallest absolute Gasteiger partial charge is 0.335 e. The summed E-state index contributed by atoms with van der Waals surface area (Å²) in [6, 6.07) is 2.56. The molecule has 0 aliphatic heterocycles. The molecule has 0 aliphatic rings. The van der Waals surface area contributed by atoms with E-state index in [4.69, 9.17) is 33.8 Å². The van der Waals surface area contributed by atoms with Gasteiger partial charge in [-0.25, -0.2) is 10.6 Å². The van der Waals surface area contributed by atoms with Crippen molar-refractivity contribution in [3.8, 4) is 5.75 Å². The molecule has 0 saturated heterocycles. The monoisotopic (exact) mass is 263 g/mol. The molecule has 0 aliphatic carbocycles. The van der Waals surface area contributed by atoms with Crippen molar-refractivity contribution in [2.75, 3.05) is 19.1 Å². The maximum absolute atomic E-state index is 11.3. The number of hydrazine groups is 1. The number of nitrogens with zero attached hydrogens (tertiary/aromatic N) is 1. The van der Waals surface area contributed by atoms with Crippen LogP contribution in [0.5, 0.6) is 5.75 Å². The van der Waals surface area contributed by atoms with Gasteiger partial charge in [-0.2, -0.15) is 0 Å². The number of amides is 2. The van der Waals surface area contributed by atoms with Gasteiger partial charge in [0.15, 0.2) is 0 Å². The first-order valence-corrected chi connectivity index (χ1v) is 5.04. The number of carbonyl (C=O) groups is 1. The molecule has 5 nitrogen and oxygen atoms in total. The Morgan fingerprint density at radius 1 is 1.44 bits per heavy atom. The van der Waals surface area contributed by atoms with Gasteiger partial charge in [-0.15, -0.1) is 0 Å². The number of ether oxygens (including phenoxy) is 1. The van der Waals surface area contributed by atoms with E-state index in [1.807, 2.05) is 5.43 Å². The van der Waals surface area contributed by atoms with Gasteiger partial charge in [0.1, 0.15) is 5.75 Å². The van der Waals surface area contributed by atoms with Crippen molar-refractivity contribution >= 4 is 34.9 Å². The topological polar surface area (TPSA) is 67.6 Å². The second kappa shape index (κ2) is 5.25. The van der Waals surface area contributed by atoms with Crippen LogP contribution in [0.2, 0.25) is 10.0 Å². The van der Waals surface area contributed by atoms with Crippen molar-refractivity contribution in [3.05, 3.63) is 22.2 Å². The van der Waals surface area contributed by atoms with Gasteiger partial charge >= 0.3 is 6.03 Å². The molecule has 1 aromatic carbocycles. The number of nitrogens with one attached hydrogen (secondary N) is 1. The van der Waals surface area contributed by atoms with E-state index >= 15 is 0 Å². The molecular weight excluding hydrogens is 253 g/mol. The third-order valence-electron chi connectivity index (χ3n) is 2.01. The highest BCUT2D eigenvalue weighted by Gasteiger charge is 2.15. The highest BCUT2D eigenvalue weighted by atomic mass is 35.5. The summed E-state index contributed by atoms with van der Waals surface area (Å²) < 4.78 is 4.99. The van der Waals surface area contributed by atoms with Crippen LogP contribution in [0.4, 0.5) is 10.5 Å². The molecule has 88 valence electrons. The molecule has 7 heteroatoms. The fourth-order valence-electron chi connectivity index (χ4n) is 1.14. The Kier molecular flexibility index (Phi) is 4.23. The molecule has 3 N–H and O–H groups in total. The van der Waals surface area contributed by atoms with Gasteiger partial charge in [-0.1, -0.05) is 23.2 Å². The van der Waals surface area contributed by atoms with Crippen molar-refractivity contribution in [2.24, 2.45) is 5.84 Å². The Balaban J connectivity index is 3.15. The summed E-state index contributed by atoms with van der Waals surface area (Å²) >= 11 is 11.9. The third kappa shape index (κ3) is 2.49. The molecule has 0 aromatic heterocycles. The largest absolute Gasteiger partial charge is 0.495 e. The zero-order valence-electron chi connectivity index (χ0n) is 8.75. The predicted octanol–water partition coefficient (Wildman–Crippen LogP) is 2.02. The van der Waals surface area contributed by atoms with Crippen molar-refractivity contribution in [2.45, 2.75) is 0 Å². The second-order valence-electron chi connectivity index (χ2n) is 2.95. The van der Waals surface area contributed by atoms with Crippen molar-refractivity contribution in [3.63, 3.8) is 0 Å². The highest BCUT2D eigenvalue weighted by molar-refractivity contribution is 6.36. The highest BCUT2D eigenvalue weighted by Crippen LogP contribution is 2.35. The molecule has 0 heterocycles. The summed E-state index contributed by atoms with van der Waals surface area (Å²) in [7, 11) is 3.00. The lowest BCUT2D eigenvalue weighted by Crippen LogP contribution is -2.41. The maximum atomic E-state index is 11.3. The maximum Gasteiger partial charge on any atom is 0.335 e. The number of carbonyl (C=O) groups excluding carboxylic acids is 1. The number of urea groups is 1. The van der Waals surface area contributed by atoms with Crippen LogP contribution in [0.3, 0.4) is 0 Å². The number of halogens is 2. The minimum Gasteiger partial charge on any atom is -0.495 e. The predicted molar refractivity (Wildman–Crippen MR) is 64.1 cm³/mol. The molecule has 0 bridgehead atoms. The summed E-state index contributed by atoms with van der Waals surface area (Å²) in [6.45, 7) is 0. The number of hydrogen-bond donors (Lipinski definition) is 2. The normalized spacial score (nSPS) is 9.81. The number of benzene rings is 1. The lowest BCUT2D eigenvalue weighted by atomic mass is 10.3. The van der Waals surface area contributed by atoms with Crippen LogP contribution >= 0.6 is 23.2 Å². The quantitative estimate of drug-likeness (QED) is 0.488. The zero-order valence-corrected chi connectivity index (χ0v) is 10.3. The fourth-order valence-corrected chi connectivity index (χ4v) is 1.65. The molecule has 0 atom stereocenters. The Morgan fingerprint density at radius 2 is 2.06 bits per heavy atom. The van der Waals surface area contributed by atoms with Crippen LogP contribution in [0.1, 0.15) is 0 Å². The number of rotatable bonds is 2. The zero-order chi connectivity index (χ0) is 12.3. The van der Waals surface area contributed by atoms with Gasteiger partial charge in [0.2, 0.25) is 0 Å². The lowest BCUT2D eigenvalue weighted by molar-refractivity contribution is 0.247. The van der Waals surface area contributed by atoms with Crippen LogP contribution in [-0.2, 0) is 0 Å². The summed E-state index contributed by atoms with van der Waals surface area (Å²) in [5.41, 5.74) is 2.43. The van der Waals surface area contributed by atoms with Gasteiger partial charge in [-0.3, -0.25) is 10.3 Å². The SMILES string of the molecule is COc1cc(Cl)c(N(C)C(=O)NN)cc1Cl. The van der Waals surface area contributed by atoms with E-state index in [1.54, 1.807) is 0 Å². The minimum absolute atomic E-state index is 0.340. The molecule has 0 fully saturated rings. The molecule has 1 rings (SSSR count). The fraction of sp³-hybridized carbons (Fsp3) is 0.222. The van der Waals surface area contributed by atoms with E-state index in [1.165, 1.54) is 31.2 Å². The summed E-state index contributed by atoms with van der Waals surface area (Å²) in [4.78, 5) is 12.5. The van der Waals surface area contributed by atoms with Gasteiger partial charge in [0.05, 0.1) is 22.8 Å². The van der Waals surface area contributed by atoms with Gasteiger partial charge < -0.3 is 4.74 Å². The standard InChI is InChI=1S/C9H11Cl2N3O2/c1-14(9(15)13-12)7-3-6(11)8(16-2)4-5(7)10/h3-4H,12H2,1-2H3,(H,13,15). The summed E-state index contributed by atoms with van der Waals surface area (Å²) in [5, 5.41) is 0.700.